The second-order valence-electron chi connectivity index (χ2n) is 5.29. The Hall–Kier alpha value is -1.77. The minimum absolute atomic E-state index is 0.0445. The summed E-state index contributed by atoms with van der Waals surface area (Å²) in [6, 6.07) is 1.00. The van der Waals surface area contributed by atoms with E-state index < -0.39 is 12.0 Å². The number of carbonyl (C=O) groups is 2. The molecule has 19 heavy (non-hydrogen) atoms. The summed E-state index contributed by atoms with van der Waals surface area (Å²) >= 11 is 0. The van der Waals surface area contributed by atoms with Gasteiger partial charge in [-0.3, -0.25) is 0 Å². The molecule has 106 valence electrons. The zero-order chi connectivity index (χ0) is 14.6. The Kier molecular flexibility index (Phi) is 5.16. The lowest BCUT2D eigenvalue weighted by atomic mass is 9.91. The lowest BCUT2D eigenvalue weighted by Crippen LogP contribution is -2.55. The van der Waals surface area contributed by atoms with Gasteiger partial charge in [-0.1, -0.05) is 6.92 Å². The summed E-state index contributed by atoms with van der Waals surface area (Å²) in [5.74, 6) is -1.27. The topological polar surface area (TPSA) is 84.6 Å². The van der Waals surface area contributed by atoms with Crippen LogP contribution < -0.4 is 0 Å². The number of carbonyl (C=O) groups excluding carboxylic acids is 1. The maximum Gasteiger partial charge on any atom is 0.326 e. The highest BCUT2D eigenvalue weighted by Gasteiger charge is 2.38. The molecule has 3 atom stereocenters. The number of rotatable bonds is 3. The lowest BCUT2D eigenvalue weighted by Gasteiger charge is -2.39. The normalized spacial score (nSPS) is 24.4. The minimum Gasteiger partial charge on any atom is -0.480 e. The molecule has 0 aromatic carbocycles. The van der Waals surface area contributed by atoms with Crippen LogP contribution in [0.25, 0.3) is 0 Å². The number of hydrogen-bond acceptors (Lipinski definition) is 3. The second kappa shape index (κ2) is 6.41. The Balaban J connectivity index is 2.78. The molecule has 1 rings (SSSR count). The SMILES string of the molecule is CC(C#N)CN(C)C(=O)N1CCCC(C)C1C(=O)O. The van der Waals surface area contributed by atoms with Crippen LogP contribution in [-0.4, -0.2) is 53.1 Å². The van der Waals surface area contributed by atoms with Gasteiger partial charge in [0.25, 0.3) is 0 Å². The summed E-state index contributed by atoms with van der Waals surface area (Å²) in [4.78, 5) is 26.5. The molecule has 0 aromatic heterocycles. The summed E-state index contributed by atoms with van der Waals surface area (Å²) in [5, 5.41) is 18.0. The molecule has 1 heterocycles. The van der Waals surface area contributed by atoms with Gasteiger partial charge in [0.1, 0.15) is 6.04 Å². The van der Waals surface area contributed by atoms with Crippen molar-refractivity contribution in [1.29, 1.82) is 5.26 Å². The van der Waals surface area contributed by atoms with Crippen molar-refractivity contribution in [3.05, 3.63) is 0 Å². The van der Waals surface area contributed by atoms with E-state index in [4.69, 9.17) is 5.26 Å². The molecule has 6 nitrogen and oxygen atoms in total. The number of amides is 2. The summed E-state index contributed by atoms with van der Waals surface area (Å²) in [7, 11) is 1.61. The Bertz CT molecular complexity index is 391. The Morgan fingerprint density at radius 2 is 2.21 bits per heavy atom. The van der Waals surface area contributed by atoms with Crippen LogP contribution in [0.4, 0.5) is 4.79 Å². The number of piperidine rings is 1. The van der Waals surface area contributed by atoms with E-state index in [1.807, 2.05) is 6.92 Å². The largest absolute Gasteiger partial charge is 0.480 e. The summed E-state index contributed by atoms with van der Waals surface area (Å²) in [5.41, 5.74) is 0. The first-order valence-electron chi connectivity index (χ1n) is 6.52. The molecule has 0 radical (unpaired) electrons. The van der Waals surface area contributed by atoms with E-state index in [1.54, 1.807) is 14.0 Å². The quantitative estimate of drug-likeness (QED) is 0.837. The fraction of sp³-hybridized carbons (Fsp3) is 0.769. The molecule has 3 unspecified atom stereocenters. The van der Waals surface area contributed by atoms with Crippen LogP contribution in [0.15, 0.2) is 0 Å². The highest BCUT2D eigenvalue weighted by Crippen LogP contribution is 2.24. The molecule has 1 fully saturated rings. The van der Waals surface area contributed by atoms with Crippen molar-refractivity contribution in [2.75, 3.05) is 20.1 Å². The second-order valence-corrected chi connectivity index (χ2v) is 5.29. The van der Waals surface area contributed by atoms with Crippen LogP contribution in [0.2, 0.25) is 0 Å². The molecular weight excluding hydrogens is 246 g/mol. The molecule has 0 spiro atoms. The number of urea groups is 1. The van der Waals surface area contributed by atoms with Crippen LogP contribution in [0.1, 0.15) is 26.7 Å². The summed E-state index contributed by atoms with van der Waals surface area (Å²) < 4.78 is 0. The zero-order valence-corrected chi connectivity index (χ0v) is 11.7. The van der Waals surface area contributed by atoms with Crippen molar-refractivity contribution in [2.45, 2.75) is 32.7 Å². The Labute approximate surface area is 113 Å². The van der Waals surface area contributed by atoms with Crippen molar-refractivity contribution in [2.24, 2.45) is 11.8 Å². The first kappa shape index (κ1) is 15.3. The van der Waals surface area contributed by atoms with Gasteiger partial charge < -0.3 is 14.9 Å². The van der Waals surface area contributed by atoms with Gasteiger partial charge in [0, 0.05) is 20.1 Å². The van der Waals surface area contributed by atoms with E-state index in [9.17, 15) is 14.7 Å². The molecule has 1 aliphatic heterocycles. The van der Waals surface area contributed by atoms with Gasteiger partial charge in [-0.2, -0.15) is 5.26 Å². The van der Waals surface area contributed by atoms with E-state index in [0.29, 0.717) is 13.1 Å². The van der Waals surface area contributed by atoms with Gasteiger partial charge in [-0.05, 0) is 25.7 Å². The molecule has 0 saturated carbocycles. The maximum atomic E-state index is 12.3. The average molecular weight is 267 g/mol. The van der Waals surface area contributed by atoms with Crippen LogP contribution in [0.5, 0.6) is 0 Å². The van der Waals surface area contributed by atoms with Gasteiger partial charge in [0.05, 0.1) is 12.0 Å². The van der Waals surface area contributed by atoms with Crippen molar-refractivity contribution >= 4 is 12.0 Å². The number of aliphatic carboxylic acids is 1. The minimum atomic E-state index is -0.956. The van der Waals surface area contributed by atoms with Crippen molar-refractivity contribution in [3.8, 4) is 6.07 Å². The van der Waals surface area contributed by atoms with E-state index in [-0.39, 0.29) is 17.9 Å². The van der Waals surface area contributed by atoms with E-state index >= 15 is 0 Å². The van der Waals surface area contributed by atoms with Crippen LogP contribution >= 0.6 is 0 Å². The molecule has 2 amide bonds. The fourth-order valence-corrected chi connectivity index (χ4v) is 2.53. The van der Waals surface area contributed by atoms with Gasteiger partial charge in [-0.15, -0.1) is 0 Å². The Morgan fingerprint density at radius 3 is 2.74 bits per heavy atom. The average Bonchev–Trinajstić information content (AvgIpc) is 2.36. The third-order valence-corrected chi connectivity index (χ3v) is 3.53. The van der Waals surface area contributed by atoms with Crippen LogP contribution in [0.3, 0.4) is 0 Å². The van der Waals surface area contributed by atoms with Gasteiger partial charge in [0.15, 0.2) is 0 Å². The molecule has 1 aliphatic rings. The van der Waals surface area contributed by atoms with Crippen molar-refractivity contribution in [1.82, 2.24) is 9.80 Å². The molecular formula is C13H21N3O3. The van der Waals surface area contributed by atoms with E-state index in [0.717, 1.165) is 12.8 Å². The summed E-state index contributed by atoms with van der Waals surface area (Å²) in [6.07, 6.45) is 1.64. The molecule has 1 saturated heterocycles. The number of nitrogens with zero attached hydrogens (tertiary/aromatic N) is 3. The number of carboxylic acid groups (broad SMARTS) is 1. The molecule has 0 bridgehead atoms. The van der Waals surface area contributed by atoms with E-state index in [2.05, 4.69) is 6.07 Å². The predicted molar refractivity (Wildman–Crippen MR) is 69.3 cm³/mol. The van der Waals surface area contributed by atoms with Crippen molar-refractivity contribution < 1.29 is 14.7 Å². The van der Waals surface area contributed by atoms with Gasteiger partial charge in [0.2, 0.25) is 0 Å². The first-order chi connectivity index (χ1) is 8.88. The number of nitriles is 1. The molecule has 1 N–H and O–H groups in total. The molecule has 0 aromatic rings. The highest BCUT2D eigenvalue weighted by atomic mass is 16.4. The number of likely N-dealkylation sites (tertiary alicyclic amines) is 1. The third-order valence-electron chi connectivity index (χ3n) is 3.53. The third kappa shape index (κ3) is 3.60. The smallest absolute Gasteiger partial charge is 0.326 e. The number of carboxylic acids is 1. The maximum absolute atomic E-state index is 12.3. The lowest BCUT2D eigenvalue weighted by molar-refractivity contribution is -0.145. The number of hydrogen-bond donors (Lipinski definition) is 1. The van der Waals surface area contributed by atoms with E-state index in [1.165, 1.54) is 9.80 Å². The Morgan fingerprint density at radius 1 is 1.58 bits per heavy atom. The predicted octanol–water partition coefficient (Wildman–Crippen LogP) is 1.38. The molecule has 0 aliphatic carbocycles. The highest BCUT2D eigenvalue weighted by molar-refractivity contribution is 5.83. The molecule has 6 heteroatoms. The standard InChI is InChI=1S/C13H21N3O3/c1-9(7-14)8-15(3)13(19)16-6-4-5-10(2)11(16)12(17)18/h9-11H,4-6,8H2,1-3H3,(H,17,18). The zero-order valence-electron chi connectivity index (χ0n) is 11.7. The first-order valence-corrected chi connectivity index (χ1v) is 6.52. The van der Waals surface area contributed by atoms with Gasteiger partial charge >= 0.3 is 12.0 Å². The van der Waals surface area contributed by atoms with Crippen molar-refractivity contribution in [3.63, 3.8) is 0 Å². The van der Waals surface area contributed by atoms with Crippen LogP contribution in [0, 0.1) is 23.2 Å². The monoisotopic (exact) mass is 267 g/mol. The van der Waals surface area contributed by atoms with Crippen LogP contribution in [-0.2, 0) is 4.79 Å². The fourth-order valence-electron chi connectivity index (χ4n) is 2.53. The summed E-state index contributed by atoms with van der Waals surface area (Å²) in [6.45, 7) is 4.37. The van der Waals surface area contributed by atoms with Gasteiger partial charge in [-0.25, -0.2) is 9.59 Å².